The molecule has 0 atom stereocenters. The highest BCUT2D eigenvalue weighted by Gasteiger charge is 2.31. The zero-order valence-corrected chi connectivity index (χ0v) is 19.1. The maximum Gasteiger partial charge on any atom is 0.199 e. The van der Waals surface area contributed by atoms with E-state index in [0.717, 1.165) is 50.6 Å². The predicted octanol–water partition coefficient (Wildman–Crippen LogP) is 4.74. The lowest BCUT2D eigenvalue weighted by Crippen LogP contribution is -2.40. The van der Waals surface area contributed by atoms with E-state index in [1.807, 2.05) is 30.1 Å². The third-order valence-corrected chi connectivity index (χ3v) is 7.15. The van der Waals surface area contributed by atoms with Crippen molar-refractivity contribution in [2.45, 2.75) is 25.0 Å². The number of anilines is 1. The maximum atomic E-state index is 5.49. The van der Waals surface area contributed by atoms with E-state index in [2.05, 4.69) is 39.6 Å². The highest BCUT2D eigenvalue weighted by molar-refractivity contribution is 7.22. The molecule has 8 nitrogen and oxygen atoms in total. The highest BCUT2D eigenvalue weighted by atomic mass is 32.1. The molecule has 0 saturated heterocycles. The van der Waals surface area contributed by atoms with Gasteiger partial charge in [-0.25, -0.2) is 15.0 Å². The molecule has 1 aliphatic carbocycles. The van der Waals surface area contributed by atoms with Gasteiger partial charge in [0.25, 0.3) is 0 Å². The topological polar surface area (TPSA) is 93.5 Å². The fourth-order valence-electron chi connectivity index (χ4n) is 4.26. The summed E-state index contributed by atoms with van der Waals surface area (Å²) < 4.78 is 7.31. The van der Waals surface area contributed by atoms with Crippen molar-refractivity contribution in [1.82, 2.24) is 29.7 Å². The van der Waals surface area contributed by atoms with Crippen molar-refractivity contribution in [3.05, 3.63) is 55.0 Å². The highest BCUT2D eigenvalue weighted by Crippen LogP contribution is 2.46. The number of ether oxygens (including phenoxy) is 1. The van der Waals surface area contributed by atoms with Gasteiger partial charge < -0.3 is 15.0 Å². The minimum atomic E-state index is 0.296. The first-order valence-electron chi connectivity index (χ1n) is 10.9. The quantitative estimate of drug-likeness (QED) is 0.383. The molecule has 0 bridgehead atoms. The Morgan fingerprint density at radius 3 is 2.70 bits per heavy atom. The molecule has 33 heavy (non-hydrogen) atoms. The molecule has 0 unspecified atom stereocenters. The molecule has 1 aliphatic rings. The van der Waals surface area contributed by atoms with E-state index in [0.29, 0.717) is 23.8 Å². The number of H-pyrrole nitrogens is 1. The number of thiophene rings is 1. The average Bonchev–Trinajstić information content (AvgIpc) is 3.55. The number of benzene rings is 1. The lowest BCUT2D eigenvalue weighted by Gasteiger charge is -2.35. The average molecular weight is 458 g/mol. The van der Waals surface area contributed by atoms with E-state index in [4.69, 9.17) is 19.8 Å². The minimum absolute atomic E-state index is 0.296. The SMILES string of the molecule is COC1CC(Nc2nc(-c3ncc[nH]3)nc3sc(-c4ccn(C)n4)c(-c4ccccc4)c23)C1. The number of aryl methyl sites for hydroxylation is 1. The summed E-state index contributed by atoms with van der Waals surface area (Å²) in [6, 6.07) is 12.7. The van der Waals surface area contributed by atoms with Gasteiger partial charge in [-0.3, -0.25) is 4.68 Å². The van der Waals surface area contributed by atoms with Gasteiger partial charge in [-0.1, -0.05) is 30.3 Å². The van der Waals surface area contributed by atoms with Crippen LogP contribution in [0, 0.1) is 0 Å². The molecule has 9 heteroatoms. The fourth-order valence-corrected chi connectivity index (χ4v) is 5.43. The number of aromatic nitrogens is 6. The van der Waals surface area contributed by atoms with E-state index in [1.54, 1.807) is 30.8 Å². The van der Waals surface area contributed by atoms with Gasteiger partial charge in [0.1, 0.15) is 16.3 Å². The van der Waals surface area contributed by atoms with Gasteiger partial charge in [0.2, 0.25) is 0 Å². The molecule has 2 N–H and O–H groups in total. The molecule has 6 rings (SSSR count). The van der Waals surface area contributed by atoms with Gasteiger partial charge in [-0.05, 0) is 24.5 Å². The second-order valence-electron chi connectivity index (χ2n) is 8.23. The lowest BCUT2D eigenvalue weighted by atomic mass is 9.89. The number of aromatic amines is 1. The number of nitrogens with one attached hydrogen (secondary N) is 2. The Hall–Kier alpha value is -3.56. The van der Waals surface area contributed by atoms with E-state index in [9.17, 15) is 0 Å². The summed E-state index contributed by atoms with van der Waals surface area (Å²) in [6.07, 6.45) is 7.67. The van der Waals surface area contributed by atoms with Crippen LogP contribution in [0.3, 0.4) is 0 Å². The molecule has 0 spiro atoms. The normalized spacial score (nSPS) is 17.9. The minimum Gasteiger partial charge on any atom is -0.381 e. The Kier molecular flexibility index (Phi) is 4.92. The van der Waals surface area contributed by atoms with Gasteiger partial charge in [0.15, 0.2) is 11.6 Å². The molecule has 4 aromatic heterocycles. The van der Waals surface area contributed by atoms with Crippen LogP contribution in [0.25, 0.3) is 43.6 Å². The first kappa shape index (κ1) is 20.1. The molecule has 166 valence electrons. The standard InChI is InChI=1S/C24H23N7OS/c1-31-11-8-17(30-31)20-18(14-6-4-3-5-7-14)19-21(27-15-12-16(13-15)32-2)28-23(29-24(19)33-20)22-25-9-10-26-22/h3-11,15-16H,12-13H2,1-2H3,(H,25,26)(H,27,28,29). The number of rotatable bonds is 6. The third-order valence-electron chi connectivity index (χ3n) is 6.04. The molecular weight excluding hydrogens is 434 g/mol. The van der Waals surface area contributed by atoms with Crippen LogP contribution in [-0.2, 0) is 11.8 Å². The van der Waals surface area contributed by atoms with Crippen LogP contribution < -0.4 is 5.32 Å². The van der Waals surface area contributed by atoms with E-state index in [1.165, 1.54) is 0 Å². The molecule has 5 aromatic rings. The summed E-state index contributed by atoms with van der Waals surface area (Å²) in [7, 11) is 3.70. The Labute approximate surface area is 194 Å². The van der Waals surface area contributed by atoms with Gasteiger partial charge >= 0.3 is 0 Å². The monoisotopic (exact) mass is 457 g/mol. The van der Waals surface area contributed by atoms with Crippen molar-refractivity contribution in [3.8, 4) is 33.3 Å². The number of methoxy groups -OCH3 is 1. The van der Waals surface area contributed by atoms with E-state index < -0.39 is 0 Å². The summed E-state index contributed by atoms with van der Waals surface area (Å²) in [4.78, 5) is 19.4. The van der Waals surface area contributed by atoms with Crippen LogP contribution in [0.2, 0.25) is 0 Å². The summed E-state index contributed by atoms with van der Waals surface area (Å²) in [5.74, 6) is 2.05. The molecule has 1 saturated carbocycles. The van der Waals surface area contributed by atoms with Crippen molar-refractivity contribution in [3.63, 3.8) is 0 Å². The maximum absolute atomic E-state index is 5.49. The van der Waals surface area contributed by atoms with Crippen molar-refractivity contribution in [2.75, 3.05) is 12.4 Å². The van der Waals surface area contributed by atoms with Gasteiger partial charge in [0, 0.05) is 44.4 Å². The van der Waals surface area contributed by atoms with Gasteiger partial charge in [-0.2, -0.15) is 5.10 Å². The van der Waals surface area contributed by atoms with Crippen LogP contribution >= 0.6 is 11.3 Å². The number of hydrogen-bond acceptors (Lipinski definition) is 7. The van der Waals surface area contributed by atoms with Crippen LogP contribution in [0.5, 0.6) is 0 Å². The predicted molar refractivity (Wildman–Crippen MR) is 130 cm³/mol. The second-order valence-corrected chi connectivity index (χ2v) is 9.23. The zero-order chi connectivity index (χ0) is 22.4. The first-order valence-corrected chi connectivity index (χ1v) is 11.7. The van der Waals surface area contributed by atoms with Crippen LogP contribution in [-0.4, -0.2) is 49.0 Å². The molecule has 1 fully saturated rings. The van der Waals surface area contributed by atoms with Crippen molar-refractivity contribution >= 4 is 27.4 Å². The Morgan fingerprint density at radius 2 is 2.00 bits per heavy atom. The summed E-state index contributed by atoms with van der Waals surface area (Å²) >= 11 is 1.64. The number of hydrogen-bond donors (Lipinski definition) is 2. The summed E-state index contributed by atoms with van der Waals surface area (Å²) in [5.41, 5.74) is 3.14. The largest absolute Gasteiger partial charge is 0.381 e. The van der Waals surface area contributed by atoms with Gasteiger partial charge in [0.05, 0.1) is 16.4 Å². The number of fused-ring (bicyclic) bond motifs is 1. The molecule has 0 amide bonds. The summed E-state index contributed by atoms with van der Waals surface area (Å²) in [5, 5.41) is 9.39. The van der Waals surface area contributed by atoms with E-state index in [-0.39, 0.29) is 0 Å². The van der Waals surface area contributed by atoms with Crippen molar-refractivity contribution < 1.29 is 4.74 Å². The lowest BCUT2D eigenvalue weighted by molar-refractivity contribution is 0.0328. The first-order chi connectivity index (χ1) is 16.2. The Balaban J connectivity index is 1.59. The fraction of sp³-hybridized carbons (Fsp3) is 0.250. The van der Waals surface area contributed by atoms with Crippen molar-refractivity contribution in [2.24, 2.45) is 7.05 Å². The summed E-state index contributed by atoms with van der Waals surface area (Å²) in [6.45, 7) is 0. The second kappa shape index (κ2) is 8.09. The smallest absolute Gasteiger partial charge is 0.199 e. The molecular formula is C24H23N7OS. The van der Waals surface area contributed by atoms with Crippen LogP contribution in [0.4, 0.5) is 5.82 Å². The van der Waals surface area contributed by atoms with Gasteiger partial charge in [-0.15, -0.1) is 11.3 Å². The number of imidazole rings is 1. The molecule has 4 heterocycles. The van der Waals surface area contributed by atoms with E-state index >= 15 is 0 Å². The molecule has 0 aliphatic heterocycles. The van der Waals surface area contributed by atoms with Crippen molar-refractivity contribution in [1.29, 1.82) is 0 Å². The Morgan fingerprint density at radius 1 is 1.15 bits per heavy atom. The third kappa shape index (κ3) is 3.59. The molecule has 0 radical (unpaired) electrons. The van der Waals surface area contributed by atoms with Crippen LogP contribution in [0.1, 0.15) is 12.8 Å². The zero-order valence-electron chi connectivity index (χ0n) is 18.3. The molecule has 1 aromatic carbocycles. The number of nitrogens with zero attached hydrogens (tertiary/aromatic N) is 5. The Bertz CT molecular complexity index is 1400. The van der Waals surface area contributed by atoms with Crippen LogP contribution in [0.15, 0.2) is 55.0 Å².